The lowest BCUT2D eigenvalue weighted by Crippen LogP contribution is -2.33. The molecule has 1 rings (SSSR count). The van der Waals surface area contributed by atoms with E-state index in [1.54, 1.807) is 0 Å². The molecule has 1 aromatic rings. The van der Waals surface area contributed by atoms with Crippen LogP contribution in [0.3, 0.4) is 0 Å². The maximum atomic E-state index is 12.7. The SMILES string of the molecule is CCCCC(C#N)NS(=O)(=O)c1ccc(F)cc1. The molecule has 0 spiro atoms. The highest BCUT2D eigenvalue weighted by molar-refractivity contribution is 7.89. The van der Waals surface area contributed by atoms with Crippen LogP contribution in [0, 0.1) is 17.1 Å². The number of hydrogen-bond donors (Lipinski definition) is 1. The van der Waals surface area contributed by atoms with Crippen molar-refractivity contribution in [2.75, 3.05) is 0 Å². The largest absolute Gasteiger partial charge is 0.241 e. The molecule has 0 bridgehead atoms. The molecule has 0 saturated heterocycles. The Kier molecular flexibility index (Phi) is 5.25. The molecule has 0 aliphatic rings. The van der Waals surface area contributed by atoms with Crippen LogP contribution in [0.15, 0.2) is 29.2 Å². The third kappa shape index (κ3) is 4.09. The number of nitriles is 1. The molecule has 0 amide bonds. The van der Waals surface area contributed by atoms with Crippen molar-refractivity contribution in [1.82, 2.24) is 4.72 Å². The Morgan fingerprint density at radius 1 is 1.39 bits per heavy atom. The summed E-state index contributed by atoms with van der Waals surface area (Å²) in [5.74, 6) is -0.503. The van der Waals surface area contributed by atoms with Crippen molar-refractivity contribution in [3.05, 3.63) is 30.1 Å². The fraction of sp³-hybridized carbons (Fsp3) is 0.417. The van der Waals surface area contributed by atoms with E-state index in [1.807, 2.05) is 13.0 Å². The highest BCUT2D eigenvalue weighted by Gasteiger charge is 2.19. The first-order valence-corrected chi connectivity index (χ1v) is 7.15. The Morgan fingerprint density at radius 3 is 2.50 bits per heavy atom. The lowest BCUT2D eigenvalue weighted by Gasteiger charge is -2.11. The van der Waals surface area contributed by atoms with Crippen molar-refractivity contribution in [2.45, 2.75) is 37.1 Å². The van der Waals surface area contributed by atoms with E-state index in [1.165, 1.54) is 12.1 Å². The van der Waals surface area contributed by atoms with Crippen LogP contribution in [0.2, 0.25) is 0 Å². The van der Waals surface area contributed by atoms with Gasteiger partial charge in [-0.15, -0.1) is 0 Å². The molecule has 0 aliphatic heterocycles. The number of nitrogens with one attached hydrogen (secondary N) is 1. The molecule has 4 nitrogen and oxygen atoms in total. The molecule has 6 heteroatoms. The quantitative estimate of drug-likeness (QED) is 0.861. The minimum Gasteiger partial charge on any atom is -0.207 e. The summed E-state index contributed by atoms with van der Waals surface area (Å²) in [5, 5.41) is 8.87. The van der Waals surface area contributed by atoms with E-state index in [2.05, 4.69) is 4.72 Å². The average Bonchev–Trinajstić information content (AvgIpc) is 2.35. The fourth-order valence-electron chi connectivity index (χ4n) is 1.43. The zero-order valence-electron chi connectivity index (χ0n) is 10.1. The summed E-state index contributed by atoms with van der Waals surface area (Å²) in [5.41, 5.74) is 0. The van der Waals surface area contributed by atoms with Gasteiger partial charge in [0.15, 0.2) is 0 Å². The Bertz CT molecular complexity index is 520. The molecule has 1 unspecified atom stereocenters. The van der Waals surface area contributed by atoms with Crippen molar-refractivity contribution in [3.8, 4) is 6.07 Å². The zero-order chi connectivity index (χ0) is 13.6. The minimum atomic E-state index is -3.76. The number of unbranched alkanes of at least 4 members (excludes halogenated alkanes) is 1. The predicted molar refractivity (Wildman–Crippen MR) is 65.6 cm³/mol. The summed E-state index contributed by atoms with van der Waals surface area (Å²) in [4.78, 5) is -0.0411. The first kappa shape index (κ1) is 14.6. The van der Waals surface area contributed by atoms with Gasteiger partial charge in [-0.3, -0.25) is 0 Å². The molecule has 0 radical (unpaired) electrons. The topological polar surface area (TPSA) is 70.0 Å². The minimum absolute atomic E-state index is 0.0411. The van der Waals surface area contributed by atoms with Crippen LogP contribution in [0.25, 0.3) is 0 Å². The maximum Gasteiger partial charge on any atom is 0.241 e. The number of halogens is 1. The normalized spacial score (nSPS) is 12.9. The van der Waals surface area contributed by atoms with Gasteiger partial charge in [0.25, 0.3) is 0 Å². The van der Waals surface area contributed by atoms with Crippen LogP contribution < -0.4 is 4.72 Å². The van der Waals surface area contributed by atoms with Crippen LogP contribution in [0.1, 0.15) is 26.2 Å². The molecule has 0 saturated carbocycles. The molecule has 0 heterocycles. The third-order valence-corrected chi connectivity index (χ3v) is 3.91. The van der Waals surface area contributed by atoms with E-state index < -0.39 is 21.9 Å². The number of benzene rings is 1. The molecule has 0 aromatic heterocycles. The molecule has 1 N–H and O–H groups in total. The van der Waals surface area contributed by atoms with Crippen LogP contribution in [-0.2, 0) is 10.0 Å². The number of hydrogen-bond acceptors (Lipinski definition) is 3. The second-order valence-corrected chi connectivity index (χ2v) is 5.61. The Balaban J connectivity index is 2.81. The molecule has 98 valence electrons. The van der Waals surface area contributed by atoms with Crippen molar-refractivity contribution >= 4 is 10.0 Å². The summed E-state index contributed by atoms with van der Waals surface area (Å²) in [6, 6.07) is 5.65. The van der Waals surface area contributed by atoms with E-state index in [4.69, 9.17) is 5.26 Å². The summed E-state index contributed by atoms with van der Waals surface area (Å²) in [7, 11) is -3.76. The van der Waals surface area contributed by atoms with E-state index in [0.717, 1.165) is 25.0 Å². The Labute approximate surface area is 106 Å². The van der Waals surface area contributed by atoms with Crippen LogP contribution in [0.4, 0.5) is 4.39 Å². The summed E-state index contributed by atoms with van der Waals surface area (Å²) in [6.45, 7) is 1.96. The first-order chi connectivity index (χ1) is 8.49. The van der Waals surface area contributed by atoms with Gasteiger partial charge in [0.1, 0.15) is 11.9 Å². The van der Waals surface area contributed by atoms with Crippen molar-refractivity contribution in [3.63, 3.8) is 0 Å². The lowest BCUT2D eigenvalue weighted by molar-refractivity contribution is 0.556. The maximum absolute atomic E-state index is 12.7. The summed E-state index contributed by atoms with van der Waals surface area (Å²) >= 11 is 0. The molecule has 1 aromatic carbocycles. The van der Waals surface area contributed by atoms with E-state index >= 15 is 0 Å². The molecular weight excluding hydrogens is 255 g/mol. The summed E-state index contributed by atoms with van der Waals surface area (Å²) < 4.78 is 38.8. The van der Waals surface area contributed by atoms with Crippen molar-refractivity contribution in [1.29, 1.82) is 5.26 Å². The predicted octanol–water partition coefficient (Wildman–Crippen LogP) is 2.19. The first-order valence-electron chi connectivity index (χ1n) is 5.67. The van der Waals surface area contributed by atoms with Gasteiger partial charge in [-0.05, 0) is 30.7 Å². The number of nitrogens with zero attached hydrogens (tertiary/aromatic N) is 1. The highest BCUT2D eigenvalue weighted by atomic mass is 32.2. The Morgan fingerprint density at radius 2 is 2.00 bits per heavy atom. The van der Waals surface area contributed by atoms with Gasteiger partial charge in [0.2, 0.25) is 10.0 Å². The van der Waals surface area contributed by atoms with Crippen LogP contribution in [0.5, 0.6) is 0 Å². The molecule has 0 aliphatic carbocycles. The van der Waals surface area contributed by atoms with E-state index in [0.29, 0.717) is 6.42 Å². The van der Waals surface area contributed by atoms with Gasteiger partial charge >= 0.3 is 0 Å². The lowest BCUT2D eigenvalue weighted by atomic mass is 10.1. The average molecular weight is 270 g/mol. The van der Waals surface area contributed by atoms with Crippen LogP contribution in [-0.4, -0.2) is 14.5 Å². The molecule has 1 atom stereocenters. The summed E-state index contributed by atoms with van der Waals surface area (Å²) in [6.07, 6.45) is 2.12. The smallest absolute Gasteiger partial charge is 0.207 e. The second-order valence-electron chi connectivity index (χ2n) is 3.90. The van der Waals surface area contributed by atoms with Crippen molar-refractivity contribution < 1.29 is 12.8 Å². The third-order valence-electron chi connectivity index (χ3n) is 2.42. The number of rotatable bonds is 6. The van der Waals surface area contributed by atoms with Gasteiger partial charge in [0.05, 0.1) is 11.0 Å². The van der Waals surface area contributed by atoms with Crippen molar-refractivity contribution in [2.24, 2.45) is 0 Å². The zero-order valence-corrected chi connectivity index (χ0v) is 10.9. The standard InChI is InChI=1S/C12H15FN2O2S/c1-2-3-4-11(9-14)15-18(16,17)12-7-5-10(13)6-8-12/h5-8,11,15H,2-4H2,1H3. The molecular formula is C12H15FN2O2S. The van der Waals surface area contributed by atoms with E-state index in [9.17, 15) is 12.8 Å². The van der Waals surface area contributed by atoms with Gasteiger partial charge in [-0.1, -0.05) is 19.8 Å². The van der Waals surface area contributed by atoms with Gasteiger partial charge < -0.3 is 0 Å². The second kappa shape index (κ2) is 6.47. The van der Waals surface area contributed by atoms with Crippen LogP contribution >= 0.6 is 0 Å². The fourth-order valence-corrected chi connectivity index (χ4v) is 2.60. The highest BCUT2D eigenvalue weighted by Crippen LogP contribution is 2.11. The number of sulfonamides is 1. The molecule has 18 heavy (non-hydrogen) atoms. The van der Waals surface area contributed by atoms with Gasteiger partial charge in [0, 0.05) is 0 Å². The molecule has 0 fully saturated rings. The van der Waals surface area contributed by atoms with Gasteiger partial charge in [-0.25, -0.2) is 12.8 Å². The van der Waals surface area contributed by atoms with E-state index in [-0.39, 0.29) is 4.90 Å². The monoisotopic (exact) mass is 270 g/mol. The van der Waals surface area contributed by atoms with Gasteiger partial charge in [-0.2, -0.15) is 9.98 Å². The Hall–Kier alpha value is -1.45.